The quantitative estimate of drug-likeness (QED) is 0.330. The second-order valence-corrected chi connectivity index (χ2v) is 7.41. The van der Waals surface area contributed by atoms with Gasteiger partial charge in [0.05, 0.1) is 18.9 Å². The van der Waals surface area contributed by atoms with E-state index in [1.54, 1.807) is 24.3 Å². The Morgan fingerprint density at radius 3 is 2.25 bits per heavy atom. The molecule has 0 saturated carbocycles. The van der Waals surface area contributed by atoms with Gasteiger partial charge in [0.25, 0.3) is 11.8 Å². The highest BCUT2D eigenvalue weighted by atomic mass is 16.5. The zero-order valence-corrected chi connectivity index (χ0v) is 17.8. The van der Waals surface area contributed by atoms with Gasteiger partial charge >= 0.3 is 0 Å². The van der Waals surface area contributed by atoms with Crippen LogP contribution in [0.5, 0.6) is 11.5 Å². The van der Waals surface area contributed by atoms with Crippen molar-refractivity contribution >= 4 is 23.6 Å². The fourth-order valence-electron chi connectivity index (χ4n) is 3.32. The molecule has 1 aliphatic heterocycles. The lowest BCUT2D eigenvalue weighted by Crippen LogP contribution is -2.35. The summed E-state index contributed by atoms with van der Waals surface area (Å²) in [4.78, 5) is 25.1. The molecule has 162 valence electrons. The van der Waals surface area contributed by atoms with Gasteiger partial charge in [-0.1, -0.05) is 42.5 Å². The lowest BCUT2D eigenvalue weighted by Gasteiger charge is -2.13. The fourth-order valence-corrected chi connectivity index (χ4v) is 3.32. The largest absolute Gasteiger partial charge is 0.493 e. The van der Waals surface area contributed by atoms with E-state index in [0.717, 1.165) is 17.7 Å². The van der Waals surface area contributed by atoms with Crippen LogP contribution in [0.4, 0.5) is 5.69 Å². The third kappa shape index (κ3) is 5.16. The standard InChI is InChI=1S/C26H24N2O4/c1-19-8-5-12-22(16-19)31-14-7-15-32-23-13-6-9-20(17-23)18-24-25(29)27-28(26(24)30)21-10-3-2-4-11-21/h2-6,8-13,16-18H,7,14-15H2,1H3,(H,27,29)/b24-18+. The highest BCUT2D eigenvalue weighted by molar-refractivity contribution is 6.31. The minimum Gasteiger partial charge on any atom is -0.493 e. The van der Waals surface area contributed by atoms with Crippen molar-refractivity contribution in [3.63, 3.8) is 0 Å². The molecule has 32 heavy (non-hydrogen) atoms. The van der Waals surface area contributed by atoms with Gasteiger partial charge < -0.3 is 9.47 Å². The molecule has 1 N–H and O–H groups in total. The Morgan fingerprint density at radius 1 is 0.844 bits per heavy atom. The van der Waals surface area contributed by atoms with Gasteiger partial charge in [-0.15, -0.1) is 0 Å². The Morgan fingerprint density at radius 2 is 1.53 bits per heavy atom. The van der Waals surface area contributed by atoms with Crippen molar-refractivity contribution in [3.8, 4) is 11.5 Å². The Kier molecular flexibility index (Phi) is 6.51. The summed E-state index contributed by atoms with van der Waals surface area (Å²) < 4.78 is 11.5. The maximum atomic E-state index is 12.7. The molecule has 0 atom stereocenters. The van der Waals surface area contributed by atoms with Gasteiger partial charge in [-0.2, -0.15) is 0 Å². The van der Waals surface area contributed by atoms with Crippen LogP contribution in [0.15, 0.2) is 84.4 Å². The number of hydrazine groups is 1. The summed E-state index contributed by atoms with van der Waals surface area (Å²) in [6.45, 7) is 3.07. The lowest BCUT2D eigenvalue weighted by atomic mass is 10.1. The average Bonchev–Trinajstić information content (AvgIpc) is 3.08. The topological polar surface area (TPSA) is 67.9 Å². The van der Waals surface area contributed by atoms with Crippen molar-refractivity contribution in [1.82, 2.24) is 5.43 Å². The zero-order chi connectivity index (χ0) is 22.3. The maximum Gasteiger partial charge on any atom is 0.282 e. The monoisotopic (exact) mass is 428 g/mol. The van der Waals surface area contributed by atoms with Gasteiger partial charge in [-0.25, -0.2) is 5.01 Å². The first-order valence-electron chi connectivity index (χ1n) is 10.4. The average molecular weight is 428 g/mol. The minimum absolute atomic E-state index is 0.0811. The number of carbonyl (C=O) groups excluding carboxylic acids is 2. The first kappa shape index (κ1) is 21.2. The van der Waals surface area contributed by atoms with Gasteiger partial charge in [0, 0.05) is 6.42 Å². The number of nitrogens with zero attached hydrogens (tertiary/aromatic N) is 1. The molecule has 6 nitrogen and oxygen atoms in total. The van der Waals surface area contributed by atoms with Crippen LogP contribution in [0.1, 0.15) is 17.5 Å². The van der Waals surface area contributed by atoms with Crippen LogP contribution in [0.25, 0.3) is 6.08 Å². The number of benzene rings is 3. The SMILES string of the molecule is Cc1cccc(OCCCOc2cccc(/C=C3\C(=O)NN(c4ccccc4)C3=O)c2)c1. The number of carbonyl (C=O) groups is 2. The third-order valence-electron chi connectivity index (χ3n) is 4.89. The molecule has 3 aromatic rings. The van der Waals surface area contributed by atoms with E-state index in [0.29, 0.717) is 30.2 Å². The molecule has 0 spiro atoms. The second-order valence-electron chi connectivity index (χ2n) is 7.41. The molecular formula is C26H24N2O4. The number of para-hydroxylation sites is 1. The smallest absolute Gasteiger partial charge is 0.282 e. The van der Waals surface area contributed by atoms with E-state index in [4.69, 9.17) is 9.47 Å². The normalized spacial score (nSPS) is 14.5. The zero-order valence-electron chi connectivity index (χ0n) is 17.8. The van der Waals surface area contributed by atoms with E-state index in [-0.39, 0.29) is 11.5 Å². The first-order chi connectivity index (χ1) is 15.6. The van der Waals surface area contributed by atoms with Crippen molar-refractivity contribution in [2.75, 3.05) is 18.2 Å². The van der Waals surface area contributed by atoms with Gasteiger partial charge in [0.15, 0.2) is 0 Å². The summed E-state index contributed by atoms with van der Waals surface area (Å²) in [7, 11) is 0. The molecule has 2 amide bonds. The summed E-state index contributed by atoms with van der Waals surface area (Å²) in [5.41, 5.74) is 5.17. The van der Waals surface area contributed by atoms with Crippen LogP contribution in [0.2, 0.25) is 0 Å². The van der Waals surface area contributed by atoms with Gasteiger partial charge in [0.1, 0.15) is 17.1 Å². The van der Waals surface area contributed by atoms with Gasteiger partial charge in [-0.05, 0) is 60.5 Å². The number of hydrogen-bond donors (Lipinski definition) is 1. The molecular weight excluding hydrogens is 404 g/mol. The Balaban J connectivity index is 1.34. The summed E-state index contributed by atoms with van der Waals surface area (Å²) >= 11 is 0. The van der Waals surface area contributed by atoms with Crippen LogP contribution in [-0.2, 0) is 9.59 Å². The molecule has 1 heterocycles. The van der Waals surface area contributed by atoms with Crippen molar-refractivity contribution in [2.45, 2.75) is 13.3 Å². The molecule has 0 unspecified atom stereocenters. The van der Waals surface area contributed by atoms with Crippen molar-refractivity contribution in [1.29, 1.82) is 0 Å². The molecule has 0 aromatic heterocycles. The van der Waals surface area contributed by atoms with E-state index in [9.17, 15) is 9.59 Å². The molecule has 0 radical (unpaired) electrons. The Hall–Kier alpha value is -4.06. The summed E-state index contributed by atoms with van der Waals surface area (Å²) in [6.07, 6.45) is 2.31. The Bertz CT molecular complexity index is 1140. The van der Waals surface area contributed by atoms with E-state index in [1.165, 1.54) is 5.01 Å². The molecule has 4 rings (SSSR count). The van der Waals surface area contributed by atoms with Crippen LogP contribution in [0.3, 0.4) is 0 Å². The highest BCUT2D eigenvalue weighted by Crippen LogP contribution is 2.22. The lowest BCUT2D eigenvalue weighted by molar-refractivity contribution is -0.117. The number of amides is 2. The minimum atomic E-state index is -0.432. The molecule has 3 aromatic carbocycles. The van der Waals surface area contributed by atoms with Gasteiger partial charge in [-0.3, -0.25) is 15.0 Å². The van der Waals surface area contributed by atoms with Crippen LogP contribution < -0.4 is 19.9 Å². The van der Waals surface area contributed by atoms with Crippen LogP contribution in [0, 0.1) is 6.92 Å². The summed E-state index contributed by atoms with van der Waals surface area (Å²) in [5, 5.41) is 1.25. The van der Waals surface area contributed by atoms with Crippen molar-refractivity contribution in [3.05, 3.63) is 95.6 Å². The predicted octanol–water partition coefficient (Wildman–Crippen LogP) is 4.30. The molecule has 1 saturated heterocycles. The van der Waals surface area contributed by atoms with Crippen molar-refractivity contribution in [2.24, 2.45) is 0 Å². The van der Waals surface area contributed by atoms with Gasteiger partial charge in [0.2, 0.25) is 0 Å². The Labute approximate surface area is 187 Å². The maximum absolute atomic E-state index is 12.7. The number of hydrogen-bond acceptors (Lipinski definition) is 4. The fraction of sp³-hybridized carbons (Fsp3) is 0.154. The number of anilines is 1. The molecule has 0 bridgehead atoms. The van der Waals surface area contributed by atoms with E-state index >= 15 is 0 Å². The number of nitrogens with one attached hydrogen (secondary N) is 1. The third-order valence-corrected chi connectivity index (χ3v) is 4.89. The summed E-state index contributed by atoms with van der Waals surface area (Å²) in [5.74, 6) is 0.697. The molecule has 1 aliphatic rings. The summed E-state index contributed by atoms with van der Waals surface area (Å²) in [6, 6.07) is 24.2. The number of rotatable bonds is 8. The number of aryl methyl sites for hydroxylation is 1. The first-order valence-corrected chi connectivity index (χ1v) is 10.4. The van der Waals surface area contributed by atoms with E-state index in [1.807, 2.05) is 67.6 Å². The molecule has 6 heteroatoms. The van der Waals surface area contributed by atoms with Crippen LogP contribution >= 0.6 is 0 Å². The van der Waals surface area contributed by atoms with E-state index < -0.39 is 5.91 Å². The molecule has 1 fully saturated rings. The second kappa shape index (κ2) is 9.83. The molecule has 0 aliphatic carbocycles. The van der Waals surface area contributed by atoms with Crippen LogP contribution in [-0.4, -0.2) is 25.0 Å². The highest BCUT2D eigenvalue weighted by Gasteiger charge is 2.34. The van der Waals surface area contributed by atoms with Crippen molar-refractivity contribution < 1.29 is 19.1 Å². The van der Waals surface area contributed by atoms with E-state index in [2.05, 4.69) is 5.43 Å². The predicted molar refractivity (Wildman–Crippen MR) is 123 cm³/mol. The number of ether oxygens (including phenoxy) is 2.